The second-order valence-corrected chi connectivity index (χ2v) is 4.29. The molecule has 2 heterocycles. The molecular weight excluding hydrogens is 222 g/mol. The largest absolute Gasteiger partial charge is 0.369 e. The number of aliphatic hydroxyl groups excluding tert-OH is 2. The van der Waals surface area contributed by atoms with Gasteiger partial charge in [0.05, 0.1) is 12.6 Å². The molecule has 5 nitrogen and oxygen atoms in total. The fraction of sp³-hybridized carbons (Fsp3) is 0.417. The summed E-state index contributed by atoms with van der Waals surface area (Å²) in [5.41, 5.74) is 1.09. The number of nitrogens with zero attached hydrogens (tertiary/aromatic N) is 1. The molecule has 0 spiro atoms. The van der Waals surface area contributed by atoms with E-state index in [2.05, 4.69) is 0 Å². The van der Waals surface area contributed by atoms with Gasteiger partial charge >= 0.3 is 0 Å². The molecule has 0 radical (unpaired) electrons. The molecule has 0 bridgehead atoms. The number of carbonyl (C=O) groups is 1. The van der Waals surface area contributed by atoms with E-state index in [1.54, 1.807) is 24.3 Å². The van der Waals surface area contributed by atoms with Crippen LogP contribution in [0.3, 0.4) is 0 Å². The summed E-state index contributed by atoms with van der Waals surface area (Å²) in [6.45, 7) is 0.401. The van der Waals surface area contributed by atoms with Gasteiger partial charge in [0.25, 0.3) is 5.91 Å². The molecule has 17 heavy (non-hydrogen) atoms. The number of aliphatic hydroxyl groups is 2. The Kier molecular flexibility index (Phi) is 2.39. The summed E-state index contributed by atoms with van der Waals surface area (Å²) in [4.78, 5) is 13.4. The van der Waals surface area contributed by atoms with E-state index in [0.717, 1.165) is 0 Å². The quantitative estimate of drug-likeness (QED) is 0.731. The van der Waals surface area contributed by atoms with Crippen LogP contribution < -0.4 is 0 Å². The van der Waals surface area contributed by atoms with Crippen LogP contribution in [0.2, 0.25) is 0 Å². The maximum atomic E-state index is 12.1. The van der Waals surface area contributed by atoms with E-state index in [0.29, 0.717) is 24.2 Å². The fourth-order valence-electron chi connectivity index (χ4n) is 2.49. The summed E-state index contributed by atoms with van der Waals surface area (Å²) in [5.74, 6) is -0.248. The van der Waals surface area contributed by atoms with Crippen molar-refractivity contribution in [1.29, 1.82) is 0 Å². The van der Waals surface area contributed by atoms with Crippen molar-refractivity contribution in [3.63, 3.8) is 0 Å². The zero-order chi connectivity index (χ0) is 12.0. The monoisotopic (exact) mass is 235 g/mol. The summed E-state index contributed by atoms with van der Waals surface area (Å²) >= 11 is 0. The molecule has 2 N–H and O–H groups in total. The predicted molar refractivity (Wildman–Crippen MR) is 57.9 cm³/mol. The van der Waals surface area contributed by atoms with Crippen LogP contribution in [0.1, 0.15) is 28.6 Å². The van der Waals surface area contributed by atoms with Crippen LogP contribution in [-0.4, -0.2) is 40.0 Å². The van der Waals surface area contributed by atoms with Crippen molar-refractivity contribution in [3.05, 3.63) is 35.4 Å². The van der Waals surface area contributed by atoms with Crippen LogP contribution in [0, 0.1) is 0 Å². The van der Waals surface area contributed by atoms with Gasteiger partial charge < -0.3 is 19.8 Å². The molecule has 1 aromatic carbocycles. The average molecular weight is 235 g/mol. The number of hydrogen-bond donors (Lipinski definition) is 2. The first-order chi connectivity index (χ1) is 8.20. The van der Waals surface area contributed by atoms with Crippen LogP contribution >= 0.6 is 0 Å². The molecule has 5 heteroatoms. The lowest BCUT2D eigenvalue weighted by Crippen LogP contribution is -2.43. The van der Waals surface area contributed by atoms with Gasteiger partial charge in [-0.25, -0.2) is 0 Å². The standard InChI is InChI=1S/C12H13NO4/c14-10-7-3-1-2-4-8(7)11(15)13(10)9-5-6-17-12(9)16/h1-4,9-10,12,14,16H,5-6H2/t9-,10?,12?/m0/s1. The second-order valence-electron chi connectivity index (χ2n) is 4.29. The molecule has 1 amide bonds. The van der Waals surface area contributed by atoms with Gasteiger partial charge in [0, 0.05) is 11.1 Å². The van der Waals surface area contributed by atoms with Gasteiger partial charge in [0.2, 0.25) is 0 Å². The Labute approximate surface area is 98.2 Å². The van der Waals surface area contributed by atoms with Crippen molar-refractivity contribution in [2.45, 2.75) is 25.0 Å². The van der Waals surface area contributed by atoms with Gasteiger partial charge in [-0.1, -0.05) is 18.2 Å². The molecule has 0 aromatic heterocycles. The maximum Gasteiger partial charge on any atom is 0.257 e. The minimum absolute atomic E-state index is 0.248. The van der Waals surface area contributed by atoms with Crippen LogP contribution in [-0.2, 0) is 4.74 Å². The number of benzene rings is 1. The van der Waals surface area contributed by atoms with Crippen molar-refractivity contribution < 1.29 is 19.7 Å². The molecule has 90 valence electrons. The zero-order valence-corrected chi connectivity index (χ0v) is 9.11. The van der Waals surface area contributed by atoms with E-state index in [1.165, 1.54) is 4.90 Å². The third-order valence-corrected chi connectivity index (χ3v) is 3.36. The van der Waals surface area contributed by atoms with Crippen molar-refractivity contribution in [1.82, 2.24) is 4.90 Å². The number of ether oxygens (including phenoxy) is 1. The van der Waals surface area contributed by atoms with Crippen LogP contribution in [0.4, 0.5) is 0 Å². The first-order valence-electron chi connectivity index (χ1n) is 5.59. The van der Waals surface area contributed by atoms with E-state index in [9.17, 15) is 15.0 Å². The molecule has 2 aliphatic rings. The topological polar surface area (TPSA) is 70.0 Å². The number of hydrogen-bond acceptors (Lipinski definition) is 4. The lowest BCUT2D eigenvalue weighted by atomic mass is 10.1. The zero-order valence-electron chi connectivity index (χ0n) is 9.11. The van der Waals surface area contributed by atoms with Crippen molar-refractivity contribution >= 4 is 5.91 Å². The molecule has 0 aliphatic carbocycles. The summed E-state index contributed by atoms with van der Waals surface area (Å²) in [7, 11) is 0. The number of carbonyl (C=O) groups excluding carboxylic acids is 1. The van der Waals surface area contributed by atoms with E-state index in [1.807, 2.05) is 0 Å². The third-order valence-electron chi connectivity index (χ3n) is 3.36. The number of amides is 1. The van der Waals surface area contributed by atoms with Crippen LogP contribution in [0.25, 0.3) is 0 Å². The summed E-state index contributed by atoms with van der Waals surface area (Å²) in [6.07, 6.45) is -1.46. The van der Waals surface area contributed by atoms with Gasteiger partial charge in [-0.2, -0.15) is 0 Å². The van der Waals surface area contributed by atoms with E-state index in [4.69, 9.17) is 4.74 Å². The highest BCUT2D eigenvalue weighted by molar-refractivity contribution is 5.99. The highest BCUT2D eigenvalue weighted by Gasteiger charge is 2.44. The lowest BCUT2D eigenvalue weighted by molar-refractivity contribution is -0.109. The Bertz CT molecular complexity index is 462. The molecule has 2 aliphatic heterocycles. The van der Waals surface area contributed by atoms with Crippen molar-refractivity contribution in [2.75, 3.05) is 6.61 Å². The van der Waals surface area contributed by atoms with Gasteiger partial charge in [0.15, 0.2) is 12.5 Å². The smallest absolute Gasteiger partial charge is 0.257 e. The fourth-order valence-corrected chi connectivity index (χ4v) is 2.49. The van der Waals surface area contributed by atoms with Gasteiger partial charge in [-0.15, -0.1) is 0 Å². The molecule has 0 saturated carbocycles. The van der Waals surface area contributed by atoms with Crippen molar-refractivity contribution in [2.24, 2.45) is 0 Å². The molecule has 2 unspecified atom stereocenters. The van der Waals surface area contributed by atoms with Crippen molar-refractivity contribution in [3.8, 4) is 0 Å². The minimum Gasteiger partial charge on any atom is -0.369 e. The second kappa shape index (κ2) is 3.80. The first kappa shape index (κ1) is 10.7. The highest BCUT2D eigenvalue weighted by atomic mass is 16.6. The summed E-state index contributed by atoms with van der Waals surface area (Å²) in [5, 5.41) is 19.8. The molecule has 3 atom stereocenters. The SMILES string of the molecule is O=C1c2ccccc2C(O)N1[C@H]1CCOC1O. The predicted octanol–water partition coefficient (Wildman–Crippen LogP) is 0.241. The third kappa shape index (κ3) is 1.47. The molecule has 3 rings (SSSR count). The van der Waals surface area contributed by atoms with Gasteiger partial charge in [-0.3, -0.25) is 4.79 Å². The first-order valence-corrected chi connectivity index (χ1v) is 5.59. The molecule has 1 aromatic rings. The Morgan fingerprint density at radius 3 is 2.71 bits per heavy atom. The Balaban J connectivity index is 1.97. The minimum atomic E-state index is -1.01. The summed E-state index contributed by atoms with van der Waals surface area (Å²) < 4.78 is 5.02. The maximum absolute atomic E-state index is 12.1. The number of rotatable bonds is 1. The Hall–Kier alpha value is -1.43. The van der Waals surface area contributed by atoms with E-state index >= 15 is 0 Å². The van der Waals surface area contributed by atoms with E-state index < -0.39 is 18.6 Å². The Morgan fingerprint density at radius 2 is 2.06 bits per heavy atom. The number of fused-ring (bicyclic) bond motifs is 1. The summed E-state index contributed by atoms with van der Waals surface area (Å²) in [6, 6.07) is 6.47. The van der Waals surface area contributed by atoms with Crippen LogP contribution in [0.5, 0.6) is 0 Å². The van der Waals surface area contributed by atoms with Crippen LogP contribution in [0.15, 0.2) is 24.3 Å². The highest BCUT2D eigenvalue weighted by Crippen LogP contribution is 2.36. The molecular formula is C12H13NO4. The lowest BCUT2D eigenvalue weighted by Gasteiger charge is -2.28. The molecule has 1 fully saturated rings. The Morgan fingerprint density at radius 1 is 1.29 bits per heavy atom. The van der Waals surface area contributed by atoms with Gasteiger partial charge in [0.1, 0.15) is 0 Å². The normalized spacial score (nSPS) is 32.0. The van der Waals surface area contributed by atoms with Gasteiger partial charge in [-0.05, 0) is 12.5 Å². The average Bonchev–Trinajstić information content (AvgIpc) is 2.84. The van der Waals surface area contributed by atoms with E-state index in [-0.39, 0.29) is 5.91 Å². The molecule has 1 saturated heterocycles.